The number of amides is 1. The minimum Gasteiger partial charge on any atom is -0.388 e. The molecule has 2 N–H and O–H groups in total. The van der Waals surface area contributed by atoms with E-state index in [4.69, 9.17) is 0 Å². The fraction of sp³-hybridized carbons (Fsp3) is 0.286. The molecule has 0 aliphatic carbocycles. The normalized spacial score (nSPS) is 12.2. The van der Waals surface area contributed by atoms with Crippen molar-refractivity contribution in [3.05, 3.63) is 47.4 Å². The first kappa shape index (κ1) is 14.2. The number of carbonyl (C=O) groups excluding carboxylic acids is 1. The van der Waals surface area contributed by atoms with E-state index in [2.05, 4.69) is 10.4 Å². The van der Waals surface area contributed by atoms with E-state index in [-0.39, 0.29) is 12.3 Å². The molecule has 6 heteroatoms. The maximum atomic E-state index is 13.0. The molecule has 0 aliphatic rings. The van der Waals surface area contributed by atoms with E-state index in [1.807, 2.05) is 6.92 Å². The smallest absolute Gasteiger partial charge is 0.228 e. The van der Waals surface area contributed by atoms with Gasteiger partial charge in [-0.05, 0) is 24.6 Å². The van der Waals surface area contributed by atoms with Gasteiger partial charge in [0.25, 0.3) is 0 Å². The second-order valence-corrected chi connectivity index (χ2v) is 4.62. The van der Waals surface area contributed by atoms with Gasteiger partial charge in [-0.1, -0.05) is 12.1 Å². The number of hydrogen-bond acceptors (Lipinski definition) is 3. The van der Waals surface area contributed by atoms with E-state index in [1.54, 1.807) is 23.9 Å². The van der Waals surface area contributed by atoms with Crippen LogP contribution in [-0.4, -0.2) is 20.8 Å². The summed E-state index contributed by atoms with van der Waals surface area (Å²) in [6.45, 7) is 1.82. The summed E-state index contributed by atoms with van der Waals surface area (Å²) in [6.07, 6.45) is -1.19. The quantitative estimate of drug-likeness (QED) is 0.897. The fourth-order valence-corrected chi connectivity index (χ4v) is 1.93. The number of nitrogens with one attached hydrogen (secondary N) is 1. The van der Waals surface area contributed by atoms with Crippen LogP contribution >= 0.6 is 0 Å². The van der Waals surface area contributed by atoms with Crippen molar-refractivity contribution in [2.45, 2.75) is 19.4 Å². The number of hydrogen-bond donors (Lipinski definition) is 2. The highest BCUT2D eigenvalue weighted by atomic mass is 19.1. The van der Waals surface area contributed by atoms with Crippen LogP contribution in [0.25, 0.3) is 0 Å². The number of anilines is 1. The molecule has 20 heavy (non-hydrogen) atoms. The summed E-state index contributed by atoms with van der Waals surface area (Å²) in [4.78, 5) is 11.8. The first-order valence-corrected chi connectivity index (χ1v) is 6.19. The summed E-state index contributed by atoms with van der Waals surface area (Å²) in [5.74, 6) is -0.243. The molecule has 1 heterocycles. The number of aryl methyl sites for hydroxylation is 2. The molecule has 1 aromatic heterocycles. The number of carbonyl (C=O) groups is 1. The van der Waals surface area contributed by atoms with Gasteiger partial charge in [0.15, 0.2) is 0 Å². The molecule has 2 rings (SSSR count). The van der Waals surface area contributed by atoms with Crippen LogP contribution in [0.3, 0.4) is 0 Å². The van der Waals surface area contributed by atoms with Gasteiger partial charge in [0, 0.05) is 13.1 Å². The van der Waals surface area contributed by atoms with Crippen LogP contribution in [-0.2, 0) is 11.8 Å². The summed E-state index contributed by atoms with van der Waals surface area (Å²) < 4.78 is 14.6. The van der Waals surface area contributed by atoms with Gasteiger partial charge in [-0.3, -0.25) is 9.48 Å². The number of nitrogens with zero attached hydrogens (tertiary/aromatic N) is 2. The molecule has 1 amide bonds. The third-order valence-electron chi connectivity index (χ3n) is 2.88. The number of rotatable bonds is 4. The second-order valence-electron chi connectivity index (χ2n) is 4.62. The first-order chi connectivity index (χ1) is 9.45. The molecule has 1 aromatic carbocycles. The number of benzene rings is 1. The van der Waals surface area contributed by atoms with Crippen LogP contribution in [0.5, 0.6) is 0 Å². The van der Waals surface area contributed by atoms with Gasteiger partial charge in [0.05, 0.1) is 18.2 Å². The number of aliphatic hydroxyl groups is 1. The van der Waals surface area contributed by atoms with Gasteiger partial charge in [0.1, 0.15) is 11.6 Å². The van der Waals surface area contributed by atoms with Crippen molar-refractivity contribution in [2.24, 2.45) is 7.05 Å². The van der Waals surface area contributed by atoms with Crippen molar-refractivity contribution < 1.29 is 14.3 Å². The number of aromatic nitrogens is 2. The summed E-state index contributed by atoms with van der Waals surface area (Å²) in [6, 6.07) is 7.30. The predicted octanol–water partition coefficient (Wildman–Crippen LogP) is 1.93. The molecule has 5 nitrogen and oxygen atoms in total. The Bertz CT molecular complexity index is 625. The monoisotopic (exact) mass is 277 g/mol. The van der Waals surface area contributed by atoms with Gasteiger partial charge in [-0.25, -0.2) is 4.39 Å². The lowest BCUT2D eigenvalue weighted by atomic mass is 10.1. The van der Waals surface area contributed by atoms with Crippen LogP contribution in [0.15, 0.2) is 30.3 Å². The van der Waals surface area contributed by atoms with E-state index >= 15 is 0 Å². The molecule has 0 saturated heterocycles. The minimum atomic E-state index is -1.04. The van der Waals surface area contributed by atoms with Crippen LogP contribution in [0.4, 0.5) is 10.2 Å². The fourth-order valence-electron chi connectivity index (χ4n) is 1.93. The van der Waals surface area contributed by atoms with Gasteiger partial charge in [-0.15, -0.1) is 0 Å². The number of halogens is 1. The van der Waals surface area contributed by atoms with Crippen molar-refractivity contribution in [1.82, 2.24) is 9.78 Å². The third kappa shape index (κ3) is 3.42. The average molecular weight is 277 g/mol. The topological polar surface area (TPSA) is 67.2 Å². The number of aliphatic hydroxyl groups excluding tert-OH is 1. The Kier molecular flexibility index (Phi) is 4.14. The Morgan fingerprint density at radius 2 is 2.25 bits per heavy atom. The molecule has 2 aromatic rings. The molecule has 1 atom stereocenters. The molecule has 1 unspecified atom stereocenters. The highest BCUT2D eigenvalue weighted by molar-refractivity contribution is 5.90. The van der Waals surface area contributed by atoms with Crippen LogP contribution < -0.4 is 5.32 Å². The van der Waals surface area contributed by atoms with Crippen molar-refractivity contribution in [3.63, 3.8) is 0 Å². The molecule has 0 aliphatic heterocycles. The van der Waals surface area contributed by atoms with Crippen LogP contribution in [0.1, 0.15) is 23.8 Å². The molecule has 0 bridgehead atoms. The maximum Gasteiger partial charge on any atom is 0.228 e. The Morgan fingerprint density at radius 3 is 2.85 bits per heavy atom. The van der Waals surface area contributed by atoms with E-state index in [9.17, 15) is 14.3 Å². The minimum absolute atomic E-state index is 0.145. The first-order valence-electron chi connectivity index (χ1n) is 6.19. The lowest BCUT2D eigenvalue weighted by Gasteiger charge is -2.11. The van der Waals surface area contributed by atoms with Crippen LogP contribution in [0.2, 0.25) is 0 Å². The van der Waals surface area contributed by atoms with E-state index in [1.165, 1.54) is 18.2 Å². The summed E-state index contributed by atoms with van der Waals surface area (Å²) in [7, 11) is 1.71. The highest BCUT2D eigenvalue weighted by Crippen LogP contribution is 2.18. The highest BCUT2D eigenvalue weighted by Gasteiger charge is 2.15. The van der Waals surface area contributed by atoms with Crippen molar-refractivity contribution >= 4 is 11.7 Å². The Balaban J connectivity index is 1.99. The standard InChI is InChI=1S/C14H16FN3O2/c1-9-6-13(18(2)17-9)16-14(20)8-12(19)10-4-3-5-11(15)7-10/h3-7,12,19H,8H2,1-2H3,(H,16,20). The van der Waals surface area contributed by atoms with Gasteiger partial charge in [-0.2, -0.15) is 5.10 Å². The molecule has 106 valence electrons. The van der Waals surface area contributed by atoms with Gasteiger partial charge < -0.3 is 10.4 Å². The van der Waals surface area contributed by atoms with E-state index in [0.717, 1.165) is 5.69 Å². The average Bonchev–Trinajstić information content (AvgIpc) is 2.67. The molecule has 0 spiro atoms. The summed E-state index contributed by atoms with van der Waals surface area (Å²) in [5, 5.41) is 16.7. The molecule has 0 fully saturated rings. The van der Waals surface area contributed by atoms with Gasteiger partial charge in [0.2, 0.25) is 5.91 Å². The molecular formula is C14H16FN3O2. The summed E-state index contributed by atoms with van der Waals surface area (Å²) in [5.41, 5.74) is 1.16. The SMILES string of the molecule is Cc1cc(NC(=O)CC(O)c2cccc(F)c2)n(C)n1. The molecule has 0 saturated carbocycles. The van der Waals surface area contributed by atoms with E-state index < -0.39 is 11.9 Å². The van der Waals surface area contributed by atoms with Crippen molar-refractivity contribution in [3.8, 4) is 0 Å². The largest absolute Gasteiger partial charge is 0.388 e. The second kappa shape index (κ2) is 5.83. The van der Waals surface area contributed by atoms with Gasteiger partial charge >= 0.3 is 0 Å². The van der Waals surface area contributed by atoms with Crippen molar-refractivity contribution in [1.29, 1.82) is 0 Å². The lowest BCUT2D eigenvalue weighted by molar-refractivity contribution is -0.118. The predicted molar refractivity (Wildman–Crippen MR) is 72.6 cm³/mol. The zero-order valence-corrected chi connectivity index (χ0v) is 11.3. The Morgan fingerprint density at radius 1 is 1.50 bits per heavy atom. The Labute approximate surface area is 116 Å². The maximum absolute atomic E-state index is 13.0. The summed E-state index contributed by atoms with van der Waals surface area (Å²) >= 11 is 0. The lowest BCUT2D eigenvalue weighted by Crippen LogP contribution is -2.17. The van der Waals surface area contributed by atoms with E-state index in [0.29, 0.717) is 11.4 Å². The Hall–Kier alpha value is -2.21. The molecule has 0 radical (unpaired) electrons. The zero-order chi connectivity index (χ0) is 14.7. The zero-order valence-electron chi connectivity index (χ0n) is 11.3. The van der Waals surface area contributed by atoms with Crippen LogP contribution in [0, 0.1) is 12.7 Å². The van der Waals surface area contributed by atoms with Crippen molar-refractivity contribution in [2.75, 3.05) is 5.32 Å². The molecular weight excluding hydrogens is 261 g/mol. The third-order valence-corrected chi connectivity index (χ3v) is 2.88.